The Morgan fingerprint density at radius 1 is 0.862 bits per heavy atom. The molecule has 0 saturated heterocycles. The molecule has 1 aliphatic heterocycles. The number of carbonyl (C=O) groups is 1. The Balaban J connectivity index is 1.43. The third-order valence-corrected chi connectivity index (χ3v) is 8.24. The lowest BCUT2D eigenvalue weighted by atomic mass is 9.49. The Morgan fingerprint density at radius 3 is 2.10 bits per heavy atom. The van der Waals surface area contributed by atoms with E-state index in [9.17, 15) is 9.18 Å². The van der Waals surface area contributed by atoms with Gasteiger partial charge in [-0.2, -0.15) is 0 Å². The van der Waals surface area contributed by atoms with Gasteiger partial charge in [-0.25, -0.2) is 4.39 Å². The fourth-order valence-electron chi connectivity index (χ4n) is 7.49. The first-order valence-corrected chi connectivity index (χ1v) is 11.3. The molecule has 4 aliphatic carbocycles. The number of fused-ring (bicyclic) bond motifs is 1. The lowest BCUT2D eigenvalue weighted by Crippen LogP contribution is -2.56. The first kappa shape index (κ1) is 17.7. The van der Waals surface area contributed by atoms with E-state index in [1.807, 2.05) is 29.2 Å². The van der Waals surface area contributed by atoms with Crippen LogP contribution >= 0.6 is 0 Å². The molecule has 3 heteroatoms. The van der Waals surface area contributed by atoms with Crippen LogP contribution in [-0.4, -0.2) is 17.4 Å². The molecule has 1 atom stereocenters. The summed E-state index contributed by atoms with van der Waals surface area (Å²) < 4.78 is 14.9. The first-order valence-electron chi connectivity index (χ1n) is 11.3. The van der Waals surface area contributed by atoms with Gasteiger partial charge in [0.15, 0.2) is 0 Å². The molecule has 7 rings (SSSR count). The van der Waals surface area contributed by atoms with Gasteiger partial charge in [0.2, 0.25) is 5.91 Å². The van der Waals surface area contributed by atoms with Crippen molar-refractivity contribution in [3.63, 3.8) is 0 Å². The van der Waals surface area contributed by atoms with Gasteiger partial charge in [0.05, 0.1) is 11.5 Å². The minimum atomic E-state index is -0.304. The molecule has 0 N–H and O–H groups in total. The van der Waals surface area contributed by atoms with Crippen molar-refractivity contribution >= 4 is 5.91 Å². The van der Waals surface area contributed by atoms with Crippen LogP contribution in [0.4, 0.5) is 4.39 Å². The van der Waals surface area contributed by atoms with Gasteiger partial charge in [0.1, 0.15) is 5.82 Å². The van der Waals surface area contributed by atoms with Crippen molar-refractivity contribution in [1.82, 2.24) is 4.90 Å². The van der Waals surface area contributed by atoms with Crippen LogP contribution in [0.2, 0.25) is 0 Å². The summed E-state index contributed by atoms with van der Waals surface area (Å²) in [5.41, 5.74) is 2.79. The van der Waals surface area contributed by atoms with E-state index in [2.05, 4.69) is 12.1 Å². The second-order valence-electron chi connectivity index (χ2n) is 10.1. The predicted octanol–water partition coefficient (Wildman–Crippen LogP) is 5.52. The lowest BCUT2D eigenvalue weighted by molar-refractivity contribution is -0.160. The van der Waals surface area contributed by atoms with Crippen LogP contribution in [0.5, 0.6) is 0 Å². The maximum Gasteiger partial charge on any atom is 0.229 e. The number of hydrogen-bond acceptors (Lipinski definition) is 1. The summed E-state index contributed by atoms with van der Waals surface area (Å²) in [7, 11) is 0. The van der Waals surface area contributed by atoms with Crippen LogP contribution in [0, 0.1) is 29.0 Å². The Hall–Kier alpha value is -2.16. The quantitative estimate of drug-likeness (QED) is 0.663. The molecular formula is C26H28FNO. The van der Waals surface area contributed by atoms with Crippen LogP contribution in [0.1, 0.15) is 61.3 Å². The third kappa shape index (κ3) is 2.69. The van der Waals surface area contributed by atoms with Gasteiger partial charge < -0.3 is 4.90 Å². The van der Waals surface area contributed by atoms with Crippen molar-refractivity contribution in [2.24, 2.45) is 23.2 Å². The monoisotopic (exact) mass is 389 g/mol. The zero-order valence-corrected chi connectivity index (χ0v) is 16.8. The molecule has 4 bridgehead atoms. The van der Waals surface area contributed by atoms with E-state index in [0.717, 1.165) is 49.0 Å². The van der Waals surface area contributed by atoms with E-state index in [1.54, 1.807) is 6.07 Å². The first-order chi connectivity index (χ1) is 14.1. The summed E-state index contributed by atoms with van der Waals surface area (Å²) >= 11 is 0. The number of rotatable bonds is 2. The SMILES string of the molecule is O=C(N1CCc2ccccc2[C@H]1c1ccccc1F)C12CC3CC(CC(C3)C1)C2. The van der Waals surface area contributed by atoms with Crippen molar-refractivity contribution in [2.75, 3.05) is 6.54 Å². The summed E-state index contributed by atoms with van der Waals surface area (Å²) in [6, 6.07) is 15.0. The topological polar surface area (TPSA) is 20.3 Å². The Kier molecular flexibility index (Phi) is 3.91. The average Bonchev–Trinajstić information content (AvgIpc) is 2.72. The molecule has 1 heterocycles. The third-order valence-electron chi connectivity index (χ3n) is 8.24. The van der Waals surface area contributed by atoms with E-state index in [0.29, 0.717) is 18.0 Å². The van der Waals surface area contributed by atoms with Crippen LogP contribution in [0.15, 0.2) is 48.5 Å². The van der Waals surface area contributed by atoms with Gasteiger partial charge >= 0.3 is 0 Å². The summed E-state index contributed by atoms with van der Waals surface area (Å²) in [6.45, 7) is 0.691. The van der Waals surface area contributed by atoms with Crippen molar-refractivity contribution in [3.8, 4) is 0 Å². The minimum Gasteiger partial charge on any atom is -0.331 e. The van der Waals surface area contributed by atoms with E-state index >= 15 is 0 Å². The minimum absolute atomic E-state index is 0.190. The number of halogens is 1. The Morgan fingerprint density at radius 2 is 1.45 bits per heavy atom. The van der Waals surface area contributed by atoms with Crippen LogP contribution in [0.3, 0.4) is 0 Å². The molecule has 0 aromatic heterocycles. The zero-order valence-electron chi connectivity index (χ0n) is 16.8. The average molecular weight is 390 g/mol. The normalized spacial score (nSPS) is 34.9. The summed E-state index contributed by atoms with van der Waals surface area (Å²) in [5.74, 6) is 2.29. The standard InChI is InChI=1S/C26H28FNO/c27-23-8-4-3-7-22(23)24-21-6-2-1-5-20(21)9-10-28(24)25(29)26-14-17-11-18(15-26)13-19(12-17)16-26/h1-8,17-19,24H,9-16H2/t17?,18?,19?,24-,26?/m0/s1. The smallest absolute Gasteiger partial charge is 0.229 e. The Labute approximate surface area is 172 Å². The molecule has 5 aliphatic rings. The largest absolute Gasteiger partial charge is 0.331 e. The summed E-state index contributed by atoms with van der Waals surface area (Å²) in [5, 5.41) is 0. The predicted molar refractivity (Wildman–Crippen MR) is 111 cm³/mol. The van der Waals surface area contributed by atoms with E-state index in [1.165, 1.54) is 30.9 Å². The molecule has 0 unspecified atom stereocenters. The highest BCUT2D eigenvalue weighted by molar-refractivity contribution is 5.84. The fourth-order valence-corrected chi connectivity index (χ4v) is 7.49. The van der Waals surface area contributed by atoms with E-state index in [-0.39, 0.29) is 17.3 Å². The molecule has 4 fully saturated rings. The summed E-state index contributed by atoms with van der Waals surface area (Å²) in [6.07, 6.45) is 8.00. The van der Waals surface area contributed by atoms with Crippen molar-refractivity contribution in [2.45, 2.75) is 51.0 Å². The van der Waals surface area contributed by atoms with Gasteiger partial charge in [-0.15, -0.1) is 0 Å². The second kappa shape index (κ2) is 6.42. The Bertz CT molecular complexity index is 931. The van der Waals surface area contributed by atoms with Crippen molar-refractivity contribution in [3.05, 3.63) is 71.0 Å². The number of carbonyl (C=O) groups excluding carboxylic acids is 1. The van der Waals surface area contributed by atoms with Crippen LogP contribution < -0.4 is 0 Å². The molecule has 1 amide bonds. The molecule has 2 aromatic carbocycles. The van der Waals surface area contributed by atoms with Gasteiger partial charge in [-0.05, 0) is 79.9 Å². The van der Waals surface area contributed by atoms with Gasteiger partial charge in [0.25, 0.3) is 0 Å². The molecule has 29 heavy (non-hydrogen) atoms. The highest BCUT2D eigenvalue weighted by Gasteiger charge is 2.56. The summed E-state index contributed by atoms with van der Waals surface area (Å²) in [4.78, 5) is 16.2. The molecule has 2 nitrogen and oxygen atoms in total. The maximum atomic E-state index is 14.9. The molecule has 0 spiro atoms. The molecule has 2 aromatic rings. The van der Waals surface area contributed by atoms with Crippen molar-refractivity contribution in [1.29, 1.82) is 0 Å². The number of hydrogen-bond donors (Lipinski definition) is 0. The highest BCUT2D eigenvalue weighted by Crippen LogP contribution is 2.61. The van der Waals surface area contributed by atoms with Crippen molar-refractivity contribution < 1.29 is 9.18 Å². The molecule has 0 radical (unpaired) electrons. The fraction of sp³-hybridized carbons (Fsp3) is 0.500. The number of amides is 1. The second-order valence-corrected chi connectivity index (χ2v) is 10.1. The van der Waals surface area contributed by atoms with Gasteiger partial charge in [-0.3, -0.25) is 4.79 Å². The lowest BCUT2D eigenvalue weighted by Gasteiger charge is -2.57. The van der Waals surface area contributed by atoms with Gasteiger partial charge in [0, 0.05) is 12.1 Å². The maximum absolute atomic E-state index is 14.9. The zero-order chi connectivity index (χ0) is 19.6. The molecule has 4 saturated carbocycles. The highest BCUT2D eigenvalue weighted by atomic mass is 19.1. The molecule has 150 valence electrons. The van der Waals surface area contributed by atoms with E-state index in [4.69, 9.17) is 0 Å². The molecular weight excluding hydrogens is 361 g/mol. The van der Waals surface area contributed by atoms with E-state index < -0.39 is 0 Å². The van der Waals surface area contributed by atoms with Crippen LogP contribution in [-0.2, 0) is 11.2 Å². The number of benzene rings is 2. The van der Waals surface area contributed by atoms with Gasteiger partial charge in [-0.1, -0.05) is 42.5 Å². The van der Waals surface area contributed by atoms with Crippen LogP contribution in [0.25, 0.3) is 0 Å². The number of nitrogens with zero attached hydrogens (tertiary/aromatic N) is 1.